The minimum absolute atomic E-state index is 0.355. The molecule has 1 fully saturated rings. The Morgan fingerprint density at radius 3 is 2.42 bits per heavy atom. The normalized spacial score (nSPS) is 16.5. The van der Waals surface area contributed by atoms with Crippen LogP contribution >= 0.6 is 0 Å². The molecular weight excluding hydrogens is 298 g/mol. The lowest BCUT2D eigenvalue weighted by Gasteiger charge is -2.35. The highest BCUT2D eigenvalue weighted by Gasteiger charge is 2.22. The molecule has 3 rings (SSSR count). The molecular formula is C20H23N3O. The van der Waals surface area contributed by atoms with Crippen LogP contribution in [0.4, 0.5) is 0 Å². The maximum absolute atomic E-state index is 8.87. The third kappa shape index (κ3) is 4.42. The quantitative estimate of drug-likeness (QED) is 0.889. The van der Waals surface area contributed by atoms with E-state index in [0.717, 1.165) is 39.4 Å². The van der Waals surface area contributed by atoms with Crippen LogP contribution in [0.1, 0.15) is 22.7 Å². The zero-order chi connectivity index (χ0) is 16.6. The zero-order valence-corrected chi connectivity index (χ0v) is 13.8. The molecule has 0 radical (unpaired) electrons. The summed E-state index contributed by atoms with van der Waals surface area (Å²) in [7, 11) is 0. The summed E-state index contributed by atoms with van der Waals surface area (Å²) in [5, 5.41) is 12.4. The molecule has 4 heteroatoms. The van der Waals surface area contributed by atoms with Crippen LogP contribution in [-0.4, -0.2) is 37.7 Å². The Morgan fingerprint density at radius 1 is 1.04 bits per heavy atom. The van der Waals surface area contributed by atoms with Crippen LogP contribution in [0.2, 0.25) is 0 Å². The van der Waals surface area contributed by atoms with Crippen molar-refractivity contribution >= 4 is 0 Å². The second kappa shape index (κ2) is 8.60. The molecule has 0 saturated carbocycles. The van der Waals surface area contributed by atoms with E-state index < -0.39 is 0 Å². The van der Waals surface area contributed by atoms with Crippen LogP contribution in [0.25, 0.3) is 0 Å². The van der Waals surface area contributed by atoms with E-state index in [1.165, 1.54) is 11.1 Å². The van der Waals surface area contributed by atoms with Gasteiger partial charge in [0, 0.05) is 32.2 Å². The molecule has 1 aliphatic rings. The van der Waals surface area contributed by atoms with Crippen molar-refractivity contribution in [3.63, 3.8) is 0 Å². The smallest absolute Gasteiger partial charge is 0.0991 e. The Bertz CT molecular complexity index is 658. The van der Waals surface area contributed by atoms with E-state index in [1.54, 1.807) is 0 Å². The predicted molar refractivity (Wildman–Crippen MR) is 94.4 cm³/mol. The molecule has 1 aliphatic heterocycles. The molecule has 0 unspecified atom stereocenters. The SMILES string of the molecule is N#Cc1ccc(CNC[C@@H](c2ccccc2)N2CCOCC2)cc1. The lowest BCUT2D eigenvalue weighted by Crippen LogP contribution is -2.42. The zero-order valence-electron chi connectivity index (χ0n) is 13.8. The highest BCUT2D eigenvalue weighted by atomic mass is 16.5. The van der Waals surface area contributed by atoms with Gasteiger partial charge in [0.1, 0.15) is 0 Å². The van der Waals surface area contributed by atoms with Crippen molar-refractivity contribution in [2.75, 3.05) is 32.8 Å². The van der Waals surface area contributed by atoms with E-state index in [1.807, 2.05) is 24.3 Å². The van der Waals surface area contributed by atoms with E-state index in [-0.39, 0.29) is 0 Å². The number of nitrogens with one attached hydrogen (secondary N) is 1. The van der Waals surface area contributed by atoms with Gasteiger partial charge in [-0.25, -0.2) is 0 Å². The first-order valence-corrected chi connectivity index (χ1v) is 8.43. The number of benzene rings is 2. The molecule has 1 atom stereocenters. The van der Waals surface area contributed by atoms with E-state index in [2.05, 4.69) is 46.6 Å². The number of morpholine rings is 1. The van der Waals surface area contributed by atoms with Gasteiger partial charge in [-0.3, -0.25) is 4.90 Å². The topological polar surface area (TPSA) is 48.3 Å². The summed E-state index contributed by atoms with van der Waals surface area (Å²) in [4.78, 5) is 2.49. The van der Waals surface area contributed by atoms with Crippen LogP contribution in [0.3, 0.4) is 0 Å². The van der Waals surface area contributed by atoms with Crippen molar-refractivity contribution < 1.29 is 4.74 Å². The summed E-state index contributed by atoms with van der Waals surface area (Å²) in [6.07, 6.45) is 0. The van der Waals surface area contributed by atoms with Crippen LogP contribution in [0.5, 0.6) is 0 Å². The molecule has 0 aliphatic carbocycles. The number of nitrogens with zero attached hydrogens (tertiary/aromatic N) is 2. The first kappa shape index (κ1) is 16.7. The third-order valence-corrected chi connectivity index (χ3v) is 4.42. The van der Waals surface area contributed by atoms with Gasteiger partial charge in [-0.05, 0) is 23.3 Å². The lowest BCUT2D eigenvalue weighted by molar-refractivity contribution is 0.0161. The van der Waals surface area contributed by atoms with Gasteiger partial charge in [0.25, 0.3) is 0 Å². The van der Waals surface area contributed by atoms with Crippen molar-refractivity contribution in [1.29, 1.82) is 5.26 Å². The maximum atomic E-state index is 8.87. The fourth-order valence-electron chi connectivity index (χ4n) is 3.07. The average molecular weight is 321 g/mol. The number of hydrogen-bond donors (Lipinski definition) is 1. The van der Waals surface area contributed by atoms with Crippen LogP contribution < -0.4 is 5.32 Å². The molecule has 24 heavy (non-hydrogen) atoms. The first-order chi connectivity index (χ1) is 11.9. The second-order valence-electron chi connectivity index (χ2n) is 6.01. The summed E-state index contributed by atoms with van der Waals surface area (Å²) in [6.45, 7) is 5.25. The Hall–Kier alpha value is -2.19. The van der Waals surface area contributed by atoms with Crippen molar-refractivity contribution in [2.24, 2.45) is 0 Å². The van der Waals surface area contributed by atoms with Gasteiger partial charge in [0.2, 0.25) is 0 Å². The molecule has 1 saturated heterocycles. The third-order valence-electron chi connectivity index (χ3n) is 4.42. The van der Waals surface area contributed by atoms with Crippen molar-refractivity contribution in [3.8, 4) is 6.07 Å². The fraction of sp³-hybridized carbons (Fsp3) is 0.350. The van der Waals surface area contributed by atoms with Crippen LogP contribution in [0, 0.1) is 11.3 Å². The van der Waals surface area contributed by atoms with Gasteiger partial charge in [-0.15, -0.1) is 0 Å². The Labute approximate surface area is 143 Å². The first-order valence-electron chi connectivity index (χ1n) is 8.43. The van der Waals surface area contributed by atoms with Crippen LogP contribution in [0.15, 0.2) is 54.6 Å². The molecule has 2 aromatic rings. The molecule has 0 bridgehead atoms. The molecule has 0 amide bonds. The molecule has 124 valence electrons. The Kier molecular flexibility index (Phi) is 5.97. The predicted octanol–water partition coefficient (Wildman–Crippen LogP) is 2.72. The minimum Gasteiger partial charge on any atom is -0.379 e. The molecule has 2 aromatic carbocycles. The summed E-state index contributed by atoms with van der Waals surface area (Å²) in [5.41, 5.74) is 3.24. The van der Waals surface area contributed by atoms with Gasteiger partial charge in [0.15, 0.2) is 0 Å². The molecule has 1 N–H and O–H groups in total. The highest BCUT2D eigenvalue weighted by Crippen LogP contribution is 2.21. The van der Waals surface area contributed by atoms with E-state index in [9.17, 15) is 0 Å². The van der Waals surface area contributed by atoms with E-state index in [0.29, 0.717) is 11.6 Å². The highest BCUT2D eigenvalue weighted by molar-refractivity contribution is 5.31. The lowest BCUT2D eigenvalue weighted by atomic mass is 10.0. The van der Waals surface area contributed by atoms with E-state index >= 15 is 0 Å². The summed E-state index contributed by atoms with van der Waals surface area (Å²) >= 11 is 0. The number of ether oxygens (including phenoxy) is 1. The second-order valence-corrected chi connectivity index (χ2v) is 6.01. The Balaban J connectivity index is 1.62. The summed E-state index contributed by atoms with van der Waals surface area (Å²) < 4.78 is 5.49. The van der Waals surface area contributed by atoms with Crippen molar-refractivity contribution in [1.82, 2.24) is 10.2 Å². The number of rotatable bonds is 6. The van der Waals surface area contributed by atoms with Gasteiger partial charge in [0.05, 0.1) is 24.8 Å². The number of nitriles is 1. The summed E-state index contributed by atoms with van der Waals surface area (Å²) in [5.74, 6) is 0. The van der Waals surface area contributed by atoms with Gasteiger partial charge < -0.3 is 10.1 Å². The van der Waals surface area contributed by atoms with Gasteiger partial charge in [-0.2, -0.15) is 5.26 Å². The van der Waals surface area contributed by atoms with Gasteiger partial charge in [-0.1, -0.05) is 42.5 Å². The van der Waals surface area contributed by atoms with E-state index in [4.69, 9.17) is 10.00 Å². The van der Waals surface area contributed by atoms with Crippen molar-refractivity contribution in [3.05, 3.63) is 71.3 Å². The average Bonchev–Trinajstić information content (AvgIpc) is 2.67. The monoisotopic (exact) mass is 321 g/mol. The standard InChI is InChI=1S/C20H23N3O/c21-14-17-6-8-18(9-7-17)15-22-16-20(19-4-2-1-3-5-19)23-10-12-24-13-11-23/h1-9,20,22H,10-13,15-16H2/t20-/m0/s1. The molecule has 4 nitrogen and oxygen atoms in total. The maximum Gasteiger partial charge on any atom is 0.0991 e. The molecule has 1 heterocycles. The molecule has 0 spiro atoms. The molecule has 0 aromatic heterocycles. The largest absolute Gasteiger partial charge is 0.379 e. The fourth-order valence-corrected chi connectivity index (χ4v) is 3.07. The van der Waals surface area contributed by atoms with Crippen LogP contribution in [-0.2, 0) is 11.3 Å². The number of hydrogen-bond acceptors (Lipinski definition) is 4. The minimum atomic E-state index is 0.355. The van der Waals surface area contributed by atoms with Gasteiger partial charge >= 0.3 is 0 Å². The van der Waals surface area contributed by atoms with Crippen molar-refractivity contribution in [2.45, 2.75) is 12.6 Å². The Morgan fingerprint density at radius 2 is 1.75 bits per heavy atom. The summed E-state index contributed by atoms with van der Waals surface area (Å²) in [6, 6.07) is 20.9.